The Morgan fingerprint density at radius 2 is 1.77 bits per heavy atom. The first-order valence-corrected chi connectivity index (χ1v) is 13.9. The number of para-hydroxylation sites is 1. The lowest BCUT2D eigenvalue weighted by Crippen LogP contribution is -2.35. The van der Waals surface area contributed by atoms with E-state index in [9.17, 15) is 4.79 Å². The molecule has 200 valence electrons. The first-order chi connectivity index (χ1) is 19.0. The van der Waals surface area contributed by atoms with Gasteiger partial charge in [0, 0.05) is 34.5 Å². The summed E-state index contributed by atoms with van der Waals surface area (Å²) in [5.41, 5.74) is 4.91. The van der Waals surface area contributed by atoms with Crippen molar-refractivity contribution in [2.45, 2.75) is 45.2 Å². The van der Waals surface area contributed by atoms with E-state index in [0.29, 0.717) is 30.7 Å². The minimum atomic E-state index is 0.0335. The number of anilines is 1. The van der Waals surface area contributed by atoms with Crippen molar-refractivity contribution in [2.75, 3.05) is 18.5 Å². The number of aryl methyl sites for hydroxylation is 1. The lowest BCUT2D eigenvalue weighted by molar-refractivity contribution is -0.126. The van der Waals surface area contributed by atoms with Gasteiger partial charge < -0.3 is 20.1 Å². The third-order valence-corrected chi connectivity index (χ3v) is 7.83. The van der Waals surface area contributed by atoms with Gasteiger partial charge in [0.15, 0.2) is 11.5 Å². The molecule has 7 nitrogen and oxygen atoms in total. The van der Waals surface area contributed by atoms with Crippen molar-refractivity contribution >= 4 is 34.4 Å². The van der Waals surface area contributed by atoms with Crippen LogP contribution >= 0.6 is 11.6 Å². The smallest absolute Gasteiger partial charge is 0.223 e. The van der Waals surface area contributed by atoms with Gasteiger partial charge in [0.1, 0.15) is 13.2 Å². The molecule has 2 heterocycles. The Balaban J connectivity index is 1.09. The lowest BCUT2D eigenvalue weighted by atomic mass is 9.85. The van der Waals surface area contributed by atoms with Gasteiger partial charge in [-0.2, -0.15) is 0 Å². The molecular formula is C31H31ClN4O3. The lowest BCUT2D eigenvalue weighted by Gasteiger charge is -2.28. The maximum Gasteiger partial charge on any atom is 0.223 e. The molecule has 1 aromatic heterocycles. The molecule has 0 spiro atoms. The molecule has 2 aliphatic rings. The van der Waals surface area contributed by atoms with Crippen LogP contribution in [0.15, 0.2) is 60.7 Å². The van der Waals surface area contributed by atoms with Gasteiger partial charge in [-0.05, 0) is 74.1 Å². The molecule has 8 heteroatoms. The van der Waals surface area contributed by atoms with Gasteiger partial charge in [0.25, 0.3) is 0 Å². The molecule has 4 aromatic rings. The molecule has 1 amide bonds. The number of benzene rings is 3. The summed E-state index contributed by atoms with van der Waals surface area (Å²) in [5.74, 6) is 2.35. The maximum absolute atomic E-state index is 12.7. The molecule has 1 saturated carbocycles. The van der Waals surface area contributed by atoms with Crippen molar-refractivity contribution < 1.29 is 14.3 Å². The number of fused-ring (bicyclic) bond motifs is 2. The topological polar surface area (TPSA) is 85.4 Å². The standard InChI is InChI=1S/C31H31ClN4O3/c1-19-26-17-22(25-3-2-4-28-29(25)39-16-15-38-28)9-14-27(26)36-31(34-19)35-24-12-7-21(8-13-24)30(37)33-18-20-5-10-23(32)11-6-20/h2-6,9-11,14,17,21,24H,7-8,12-13,15-16,18H2,1H3,(H,33,37)(H,34,35,36). The summed E-state index contributed by atoms with van der Waals surface area (Å²) in [6.07, 6.45) is 3.49. The largest absolute Gasteiger partial charge is 0.486 e. The van der Waals surface area contributed by atoms with Gasteiger partial charge in [-0.15, -0.1) is 0 Å². The fourth-order valence-corrected chi connectivity index (χ4v) is 5.56. The highest BCUT2D eigenvalue weighted by molar-refractivity contribution is 6.30. The van der Waals surface area contributed by atoms with Crippen LogP contribution in [0, 0.1) is 12.8 Å². The van der Waals surface area contributed by atoms with Crippen LogP contribution in [-0.2, 0) is 11.3 Å². The molecule has 1 aliphatic heterocycles. The molecule has 2 N–H and O–H groups in total. The van der Waals surface area contributed by atoms with Crippen molar-refractivity contribution in [2.24, 2.45) is 5.92 Å². The minimum Gasteiger partial charge on any atom is -0.486 e. The zero-order valence-corrected chi connectivity index (χ0v) is 22.6. The van der Waals surface area contributed by atoms with Gasteiger partial charge >= 0.3 is 0 Å². The van der Waals surface area contributed by atoms with E-state index in [1.54, 1.807) is 0 Å². The summed E-state index contributed by atoms with van der Waals surface area (Å²) in [4.78, 5) is 22.3. The molecule has 1 fully saturated rings. The summed E-state index contributed by atoms with van der Waals surface area (Å²) >= 11 is 5.95. The van der Waals surface area contributed by atoms with E-state index in [-0.39, 0.29) is 17.9 Å². The number of rotatable bonds is 6. The highest BCUT2D eigenvalue weighted by Gasteiger charge is 2.27. The number of halogens is 1. The molecular weight excluding hydrogens is 512 g/mol. The number of carbonyl (C=O) groups is 1. The summed E-state index contributed by atoms with van der Waals surface area (Å²) in [5, 5.41) is 8.30. The van der Waals surface area contributed by atoms with Crippen LogP contribution in [0.5, 0.6) is 11.5 Å². The Labute approximate surface area is 232 Å². The summed E-state index contributed by atoms with van der Waals surface area (Å²) in [6, 6.07) is 20.0. The van der Waals surface area contributed by atoms with E-state index in [4.69, 9.17) is 31.0 Å². The van der Waals surface area contributed by atoms with Crippen LogP contribution in [-0.4, -0.2) is 35.1 Å². The second-order valence-electron chi connectivity index (χ2n) is 10.2. The second-order valence-corrected chi connectivity index (χ2v) is 10.7. The zero-order chi connectivity index (χ0) is 26.8. The third kappa shape index (κ3) is 5.64. The van der Waals surface area contributed by atoms with Crippen molar-refractivity contribution in [3.8, 4) is 22.6 Å². The average molecular weight is 543 g/mol. The second kappa shape index (κ2) is 11.1. The predicted octanol–water partition coefficient (Wildman–Crippen LogP) is 6.32. The van der Waals surface area contributed by atoms with Crippen molar-refractivity contribution in [3.63, 3.8) is 0 Å². The molecule has 1 aliphatic carbocycles. The Morgan fingerprint density at radius 3 is 2.59 bits per heavy atom. The fourth-order valence-electron chi connectivity index (χ4n) is 5.43. The monoisotopic (exact) mass is 542 g/mol. The zero-order valence-electron chi connectivity index (χ0n) is 21.9. The summed E-state index contributed by atoms with van der Waals surface area (Å²) in [6.45, 7) is 3.65. The quantitative estimate of drug-likeness (QED) is 0.297. The SMILES string of the molecule is Cc1nc(NC2CCC(C(=O)NCc3ccc(Cl)cc3)CC2)nc2ccc(-c3cccc4c3OCCO4)cc12. The van der Waals surface area contributed by atoms with Crippen LogP contribution in [0.1, 0.15) is 36.9 Å². The van der Waals surface area contributed by atoms with Crippen molar-refractivity contribution in [3.05, 3.63) is 76.9 Å². The number of ether oxygens (including phenoxy) is 2. The molecule has 0 bridgehead atoms. The van der Waals surface area contributed by atoms with Gasteiger partial charge in [-0.1, -0.05) is 41.9 Å². The van der Waals surface area contributed by atoms with Crippen LogP contribution in [0.25, 0.3) is 22.0 Å². The highest BCUT2D eigenvalue weighted by atomic mass is 35.5. The predicted molar refractivity (Wildman–Crippen MR) is 153 cm³/mol. The van der Waals surface area contributed by atoms with E-state index in [1.165, 1.54) is 0 Å². The number of hydrogen-bond acceptors (Lipinski definition) is 6. The van der Waals surface area contributed by atoms with Crippen molar-refractivity contribution in [1.29, 1.82) is 0 Å². The summed E-state index contributed by atoms with van der Waals surface area (Å²) < 4.78 is 11.7. The molecule has 0 radical (unpaired) electrons. The molecule has 0 atom stereocenters. The molecule has 39 heavy (non-hydrogen) atoms. The van der Waals surface area contributed by atoms with E-state index in [1.807, 2.05) is 49.4 Å². The van der Waals surface area contributed by atoms with Crippen LogP contribution in [0.2, 0.25) is 5.02 Å². The van der Waals surface area contributed by atoms with E-state index < -0.39 is 0 Å². The number of nitrogens with one attached hydrogen (secondary N) is 2. The number of aromatic nitrogens is 2. The molecule has 0 unspecified atom stereocenters. The van der Waals surface area contributed by atoms with Crippen LogP contribution in [0.3, 0.4) is 0 Å². The van der Waals surface area contributed by atoms with E-state index in [0.717, 1.165) is 70.5 Å². The summed E-state index contributed by atoms with van der Waals surface area (Å²) in [7, 11) is 0. The van der Waals surface area contributed by atoms with E-state index in [2.05, 4.69) is 28.8 Å². The van der Waals surface area contributed by atoms with Gasteiger partial charge in [0.2, 0.25) is 11.9 Å². The number of nitrogens with zero attached hydrogens (tertiary/aromatic N) is 2. The van der Waals surface area contributed by atoms with Gasteiger partial charge in [-0.3, -0.25) is 4.79 Å². The Morgan fingerprint density at radius 1 is 0.974 bits per heavy atom. The molecule has 0 saturated heterocycles. The first-order valence-electron chi connectivity index (χ1n) is 13.5. The Bertz CT molecular complexity index is 1500. The number of hydrogen-bond donors (Lipinski definition) is 2. The maximum atomic E-state index is 12.7. The molecule has 6 rings (SSSR count). The normalized spacial score (nSPS) is 18.5. The minimum absolute atomic E-state index is 0.0335. The Hall–Kier alpha value is -3.84. The molecule has 3 aromatic carbocycles. The average Bonchev–Trinajstić information content (AvgIpc) is 2.97. The number of carbonyl (C=O) groups excluding carboxylic acids is 1. The van der Waals surface area contributed by atoms with Crippen LogP contribution in [0.4, 0.5) is 5.95 Å². The van der Waals surface area contributed by atoms with Crippen molar-refractivity contribution in [1.82, 2.24) is 15.3 Å². The van der Waals surface area contributed by atoms with Crippen LogP contribution < -0.4 is 20.1 Å². The first kappa shape index (κ1) is 25.4. The highest BCUT2D eigenvalue weighted by Crippen LogP contribution is 2.40. The van der Waals surface area contributed by atoms with E-state index >= 15 is 0 Å². The Kier molecular flexibility index (Phi) is 7.24. The number of amides is 1. The third-order valence-electron chi connectivity index (χ3n) is 7.57. The fraction of sp³-hybridized carbons (Fsp3) is 0.323. The van der Waals surface area contributed by atoms with Gasteiger partial charge in [-0.25, -0.2) is 9.97 Å². The van der Waals surface area contributed by atoms with Gasteiger partial charge in [0.05, 0.1) is 11.2 Å².